The van der Waals surface area contributed by atoms with Gasteiger partial charge in [-0.05, 0) is 60.1 Å². The Balaban J connectivity index is 1.35. The van der Waals surface area contributed by atoms with Crippen LogP contribution in [0.2, 0.25) is 0 Å². The summed E-state index contributed by atoms with van der Waals surface area (Å²) < 4.78 is 62.7. The molecule has 53 heavy (non-hydrogen) atoms. The number of nitrogens with one attached hydrogen (secondary N) is 2. The van der Waals surface area contributed by atoms with Crippen molar-refractivity contribution >= 4 is 22.2 Å². The fourth-order valence-electron chi connectivity index (χ4n) is 6.06. The molecule has 1 saturated heterocycles. The van der Waals surface area contributed by atoms with E-state index in [0.29, 0.717) is 49.7 Å². The summed E-state index contributed by atoms with van der Waals surface area (Å²) in [6.07, 6.45) is -1.39. The largest absolute Gasteiger partial charge is 0.489 e. The molecule has 0 spiro atoms. The molecule has 0 saturated carbocycles. The topological polar surface area (TPSA) is 171 Å². The summed E-state index contributed by atoms with van der Waals surface area (Å²) in [6, 6.07) is 20.5. The molecule has 2 aliphatic rings. The number of sulfonamides is 1. The second-order valence-corrected chi connectivity index (χ2v) is 15.7. The number of hydrogen-bond donors (Lipinski definition) is 3. The van der Waals surface area contributed by atoms with Gasteiger partial charge in [0.1, 0.15) is 18.5 Å². The van der Waals surface area contributed by atoms with E-state index in [1.54, 1.807) is 0 Å². The highest BCUT2D eigenvalue weighted by Gasteiger charge is 2.36. The van der Waals surface area contributed by atoms with Crippen molar-refractivity contribution in [3.63, 3.8) is 0 Å². The van der Waals surface area contributed by atoms with E-state index < -0.39 is 45.9 Å². The molecule has 3 N–H and O–H groups in total. The third kappa shape index (κ3) is 11.7. The zero-order valence-electron chi connectivity index (χ0n) is 30.3. The van der Waals surface area contributed by atoms with Crippen LogP contribution in [0.15, 0.2) is 77.7 Å². The van der Waals surface area contributed by atoms with E-state index in [9.17, 15) is 23.1 Å². The highest BCUT2D eigenvalue weighted by molar-refractivity contribution is 7.89. The van der Waals surface area contributed by atoms with Crippen LogP contribution in [0.1, 0.15) is 44.2 Å². The first-order valence-electron chi connectivity index (χ1n) is 17.6. The van der Waals surface area contributed by atoms with Crippen LogP contribution in [0.3, 0.4) is 0 Å². The van der Waals surface area contributed by atoms with Gasteiger partial charge in [-0.15, -0.1) is 0 Å². The summed E-state index contributed by atoms with van der Waals surface area (Å²) >= 11 is 0. The first kappa shape index (κ1) is 39.6. The molecule has 14 nitrogen and oxygen atoms in total. The first-order valence-corrected chi connectivity index (χ1v) is 19.1. The van der Waals surface area contributed by atoms with E-state index in [4.69, 9.17) is 28.4 Å². The number of carbonyl (C=O) groups is 2. The van der Waals surface area contributed by atoms with E-state index in [1.807, 2.05) is 68.4 Å². The van der Waals surface area contributed by atoms with Gasteiger partial charge in [0, 0.05) is 32.6 Å². The van der Waals surface area contributed by atoms with Crippen molar-refractivity contribution in [2.45, 2.75) is 69.3 Å². The van der Waals surface area contributed by atoms with E-state index in [2.05, 4.69) is 10.6 Å². The van der Waals surface area contributed by atoms with Crippen molar-refractivity contribution < 1.29 is 51.5 Å². The molecule has 2 amide bonds. The zero-order valence-corrected chi connectivity index (χ0v) is 31.1. The zero-order chi connectivity index (χ0) is 37.8. The summed E-state index contributed by atoms with van der Waals surface area (Å²) in [7, 11) is -2.75. The average molecular weight is 756 g/mol. The predicted molar refractivity (Wildman–Crippen MR) is 194 cm³/mol. The molecule has 0 radical (unpaired) electrons. The lowest BCUT2D eigenvalue weighted by atomic mass is 9.87. The summed E-state index contributed by atoms with van der Waals surface area (Å²) in [6.45, 7) is 4.72. The number of benzene rings is 3. The highest BCUT2D eigenvalue weighted by atomic mass is 32.2. The van der Waals surface area contributed by atoms with Gasteiger partial charge in [-0.3, -0.25) is 0 Å². The Bertz CT molecular complexity index is 1750. The maximum atomic E-state index is 14.3. The van der Waals surface area contributed by atoms with Crippen LogP contribution in [0.25, 0.3) is 0 Å². The minimum Gasteiger partial charge on any atom is -0.489 e. The van der Waals surface area contributed by atoms with Crippen LogP contribution in [0.4, 0.5) is 9.59 Å². The molecule has 2 heterocycles. The Hall–Kier alpha value is -4.57. The van der Waals surface area contributed by atoms with Gasteiger partial charge < -0.3 is 44.2 Å². The molecule has 5 rings (SSSR count). The van der Waals surface area contributed by atoms with Gasteiger partial charge in [-0.25, -0.2) is 18.0 Å². The van der Waals surface area contributed by atoms with Crippen LogP contribution in [-0.2, 0) is 37.3 Å². The molecule has 3 atom stereocenters. The SMILES string of the molecule is CNC(=O)OCCCC(C)(C)CN(CC(O)C(Cc1ccc(OCc2ccccc2)cc1)NC(=O)OC1CCOC1)S(=O)(=O)c1ccc2c(c1)OCO2. The number of aliphatic hydroxyl groups is 1. The molecule has 0 bridgehead atoms. The van der Waals surface area contributed by atoms with Crippen LogP contribution >= 0.6 is 0 Å². The second-order valence-electron chi connectivity index (χ2n) is 13.8. The van der Waals surface area contributed by atoms with Crippen LogP contribution in [0, 0.1) is 5.41 Å². The number of fused-ring (bicyclic) bond motifs is 1. The highest BCUT2D eigenvalue weighted by Crippen LogP contribution is 2.36. The molecule has 3 aromatic rings. The van der Waals surface area contributed by atoms with Gasteiger partial charge in [-0.1, -0.05) is 56.3 Å². The third-order valence-corrected chi connectivity index (χ3v) is 10.8. The standard InChI is InChI=1S/C38H49N3O11S/c1-38(2,17-7-18-48-36(43)39-3)25-41(53(45,46)31-14-15-34-35(21-31)51-26-50-34)22-33(42)32(40-37(44)52-30-16-19-47-24-30)20-27-10-12-29(13-11-27)49-23-28-8-5-4-6-9-28/h4-6,8-15,21,30,32-33,42H,7,16-20,22-26H2,1-3H3,(H,39,43)(H,40,44). The van der Waals surface area contributed by atoms with Crippen LogP contribution in [-0.4, -0.2) is 95.0 Å². The van der Waals surface area contributed by atoms with Crippen molar-refractivity contribution in [3.05, 3.63) is 83.9 Å². The van der Waals surface area contributed by atoms with Crippen LogP contribution in [0.5, 0.6) is 17.2 Å². The van der Waals surface area contributed by atoms with Crippen LogP contribution < -0.4 is 24.8 Å². The van der Waals surface area contributed by atoms with Crippen molar-refractivity contribution in [1.29, 1.82) is 0 Å². The number of amides is 2. The van der Waals surface area contributed by atoms with E-state index in [0.717, 1.165) is 11.1 Å². The number of alkyl carbamates (subject to hydrolysis) is 2. The Labute approximate surface area is 310 Å². The van der Waals surface area contributed by atoms with Crippen molar-refractivity contribution in [2.24, 2.45) is 5.41 Å². The van der Waals surface area contributed by atoms with Gasteiger partial charge in [0.2, 0.25) is 16.8 Å². The molecule has 1 fully saturated rings. The summed E-state index contributed by atoms with van der Waals surface area (Å²) in [4.78, 5) is 24.6. The average Bonchev–Trinajstić information content (AvgIpc) is 3.85. The van der Waals surface area contributed by atoms with E-state index in [-0.39, 0.29) is 44.4 Å². The maximum Gasteiger partial charge on any atom is 0.407 e. The fraction of sp³-hybridized carbons (Fsp3) is 0.474. The molecule has 0 aromatic heterocycles. The first-order chi connectivity index (χ1) is 25.4. The Morgan fingerprint density at radius 1 is 1.00 bits per heavy atom. The Morgan fingerprint density at radius 2 is 1.75 bits per heavy atom. The molecular weight excluding hydrogens is 706 g/mol. The molecule has 288 valence electrons. The van der Waals surface area contributed by atoms with Gasteiger partial charge in [0.05, 0.1) is 36.9 Å². The van der Waals surface area contributed by atoms with E-state index in [1.165, 1.54) is 29.6 Å². The number of hydrogen-bond acceptors (Lipinski definition) is 11. The van der Waals surface area contributed by atoms with Gasteiger partial charge >= 0.3 is 12.2 Å². The summed E-state index contributed by atoms with van der Waals surface area (Å²) in [5, 5.41) is 17.0. The molecule has 0 aliphatic carbocycles. The number of carbonyl (C=O) groups excluding carboxylic acids is 2. The second kappa shape index (κ2) is 18.5. The molecule has 2 aliphatic heterocycles. The molecule has 3 unspecified atom stereocenters. The maximum absolute atomic E-state index is 14.3. The molecule has 15 heteroatoms. The predicted octanol–water partition coefficient (Wildman–Crippen LogP) is 4.63. The number of aliphatic hydroxyl groups excluding tert-OH is 1. The molecule has 3 aromatic carbocycles. The van der Waals surface area contributed by atoms with Crippen molar-refractivity contribution in [2.75, 3.05) is 46.8 Å². The monoisotopic (exact) mass is 755 g/mol. The fourth-order valence-corrected chi connectivity index (χ4v) is 7.72. The van der Waals surface area contributed by atoms with Gasteiger partial charge in [0.25, 0.3) is 0 Å². The van der Waals surface area contributed by atoms with Crippen molar-refractivity contribution in [3.8, 4) is 17.2 Å². The summed E-state index contributed by atoms with van der Waals surface area (Å²) in [5.74, 6) is 1.37. The minimum absolute atomic E-state index is 0.00480. The van der Waals surface area contributed by atoms with E-state index >= 15 is 0 Å². The number of nitrogens with zero attached hydrogens (tertiary/aromatic N) is 1. The third-order valence-electron chi connectivity index (χ3n) is 8.97. The normalized spacial score (nSPS) is 16.5. The minimum atomic E-state index is -4.22. The quantitative estimate of drug-likeness (QED) is 0.155. The Morgan fingerprint density at radius 3 is 2.47 bits per heavy atom. The lowest BCUT2D eigenvalue weighted by Gasteiger charge is -2.35. The lowest BCUT2D eigenvalue weighted by Crippen LogP contribution is -2.52. The summed E-state index contributed by atoms with van der Waals surface area (Å²) in [5.41, 5.74) is 1.18. The smallest absolute Gasteiger partial charge is 0.407 e. The number of ether oxygens (including phenoxy) is 6. The molecular formula is C38H49N3O11S. The number of rotatable bonds is 18. The van der Waals surface area contributed by atoms with Gasteiger partial charge in [0.15, 0.2) is 11.5 Å². The van der Waals surface area contributed by atoms with Crippen molar-refractivity contribution in [1.82, 2.24) is 14.9 Å². The van der Waals surface area contributed by atoms with Gasteiger partial charge in [-0.2, -0.15) is 4.31 Å². The lowest BCUT2D eigenvalue weighted by molar-refractivity contribution is 0.0621. The Kier molecular flexibility index (Phi) is 13.8.